The fourth-order valence-corrected chi connectivity index (χ4v) is 3.94. The van der Waals surface area contributed by atoms with E-state index in [1.165, 1.54) is 11.3 Å². The average molecular weight is 321 g/mol. The van der Waals surface area contributed by atoms with Crippen molar-refractivity contribution in [2.75, 3.05) is 6.54 Å². The Morgan fingerprint density at radius 2 is 2.14 bits per heavy atom. The molecule has 1 saturated carbocycles. The van der Waals surface area contributed by atoms with Gasteiger partial charge < -0.3 is 10.4 Å². The molecule has 118 valence electrons. The summed E-state index contributed by atoms with van der Waals surface area (Å²) in [5.74, 6) is -0.931. The number of nitrogens with one attached hydrogen (secondary N) is 1. The second-order valence-corrected chi connectivity index (χ2v) is 6.74. The van der Waals surface area contributed by atoms with Gasteiger partial charge in [-0.2, -0.15) is 0 Å². The summed E-state index contributed by atoms with van der Waals surface area (Å²) < 4.78 is 1.89. The van der Waals surface area contributed by atoms with E-state index in [-0.39, 0.29) is 18.9 Å². The fourth-order valence-electron chi connectivity index (χ4n) is 3.09. The van der Waals surface area contributed by atoms with Gasteiger partial charge in [-0.3, -0.25) is 14.0 Å². The summed E-state index contributed by atoms with van der Waals surface area (Å²) in [6.07, 6.45) is 7.98. The zero-order valence-electron chi connectivity index (χ0n) is 12.2. The van der Waals surface area contributed by atoms with Crippen molar-refractivity contribution in [2.24, 2.45) is 5.41 Å². The van der Waals surface area contributed by atoms with Gasteiger partial charge in [0, 0.05) is 30.0 Å². The lowest BCUT2D eigenvalue weighted by molar-refractivity contribution is -0.151. The Hall–Kier alpha value is -1.89. The molecular formula is C15H19N3O3S. The number of hydrogen-bond acceptors (Lipinski definition) is 4. The molecular weight excluding hydrogens is 302 g/mol. The number of carboxylic acids is 1. The molecule has 2 aromatic rings. The van der Waals surface area contributed by atoms with E-state index in [4.69, 9.17) is 0 Å². The Kier molecular flexibility index (Phi) is 4.15. The predicted molar refractivity (Wildman–Crippen MR) is 82.9 cm³/mol. The van der Waals surface area contributed by atoms with E-state index in [0.29, 0.717) is 12.8 Å². The highest BCUT2D eigenvalue weighted by Crippen LogP contribution is 2.36. The first-order valence-corrected chi connectivity index (χ1v) is 8.38. The van der Waals surface area contributed by atoms with Crippen LogP contribution in [0.3, 0.4) is 0 Å². The van der Waals surface area contributed by atoms with Crippen LogP contribution in [0.15, 0.2) is 17.8 Å². The molecule has 2 aromatic heterocycles. The van der Waals surface area contributed by atoms with Gasteiger partial charge in [0.25, 0.3) is 0 Å². The number of rotatable bonds is 5. The minimum atomic E-state index is -0.792. The average Bonchev–Trinajstić information content (AvgIpc) is 3.11. The van der Waals surface area contributed by atoms with Crippen molar-refractivity contribution >= 4 is 28.2 Å². The molecule has 1 fully saturated rings. The largest absolute Gasteiger partial charge is 0.481 e. The number of thiazole rings is 1. The third kappa shape index (κ3) is 2.85. The van der Waals surface area contributed by atoms with Crippen LogP contribution >= 0.6 is 11.3 Å². The monoisotopic (exact) mass is 321 g/mol. The molecule has 1 aliphatic carbocycles. The first-order valence-electron chi connectivity index (χ1n) is 7.50. The first-order chi connectivity index (χ1) is 10.6. The molecule has 3 rings (SSSR count). The molecule has 0 spiro atoms. The van der Waals surface area contributed by atoms with Gasteiger partial charge >= 0.3 is 5.97 Å². The van der Waals surface area contributed by atoms with Crippen LogP contribution in [-0.2, 0) is 16.0 Å². The number of nitrogens with zero attached hydrogens (tertiary/aromatic N) is 2. The Bertz CT molecular complexity index is 685. The van der Waals surface area contributed by atoms with Crippen LogP contribution in [0, 0.1) is 5.41 Å². The summed E-state index contributed by atoms with van der Waals surface area (Å²) in [6, 6.07) is 0. The molecule has 2 heterocycles. The number of hydrogen-bond donors (Lipinski definition) is 2. The molecule has 0 bridgehead atoms. The van der Waals surface area contributed by atoms with Crippen LogP contribution < -0.4 is 5.32 Å². The van der Waals surface area contributed by atoms with E-state index in [9.17, 15) is 14.7 Å². The van der Waals surface area contributed by atoms with E-state index in [1.54, 1.807) is 6.20 Å². The van der Waals surface area contributed by atoms with Crippen LogP contribution in [0.5, 0.6) is 0 Å². The second kappa shape index (κ2) is 6.08. The van der Waals surface area contributed by atoms with Crippen LogP contribution in [0.2, 0.25) is 0 Å². The maximum Gasteiger partial charge on any atom is 0.311 e. The number of aliphatic carboxylic acids is 1. The van der Waals surface area contributed by atoms with Gasteiger partial charge in [0.05, 0.1) is 11.8 Å². The first kappa shape index (κ1) is 15.0. The molecule has 6 nitrogen and oxygen atoms in total. The summed E-state index contributed by atoms with van der Waals surface area (Å²) in [5.41, 5.74) is 0.0930. The molecule has 22 heavy (non-hydrogen) atoms. The normalized spacial score (nSPS) is 17.5. The topological polar surface area (TPSA) is 83.7 Å². The fraction of sp³-hybridized carbons (Fsp3) is 0.533. The Balaban J connectivity index is 1.62. The lowest BCUT2D eigenvalue weighted by Crippen LogP contribution is -2.44. The summed E-state index contributed by atoms with van der Waals surface area (Å²) in [5, 5.41) is 14.2. The van der Waals surface area contributed by atoms with Gasteiger partial charge in [0.15, 0.2) is 4.96 Å². The molecule has 0 radical (unpaired) electrons. The highest BCUT2D eigenvalue weighted by Gasteiger charge is 2.39. The van der Waals surface area contributed by atoms with Crippen molar-refractivity contribution in [1.29, 1.82) is 0 Å². The number of carbonyl (C=O) groups excluding carboxylic acids is 1. The van der Waals surface area contributed by atoms with Gasteiger partial charge in [0.2, 0.25) is 5.91 Å². The molecule has 0 aliphatic heterocycles. The molecule has 0 saturated heterocycles. The van der Waals surface area contributed by atoms with Crippen LogP contribution in [0.1, 0.15) is 37.8 Å². The third-order valence-electron chi connectivity index (χ3n) is 4.45. The van der Waals surface area contributed by atoms with E-state index < -0.39 is 11.4 Å². The number of aromatic nitrogens is 2. The molecule has 7 heteroatoms. The standard InChI is InChI=1S/C15H19N3O3S/c19-12(8-11-9-22-14-16-6-7-18(11)14)17-10-15(13(20)21)4-2-1-3-5-15/h6-7,9H,1-5,8,10H2,(H,17,19)(H,20,21). The van der Waals surface area contributed by atoms with E-state index in [2.05, 4.69) is 10.3 Å². The Morgan fingerprint density at radius 1 is 1.36 bits per heavy atom. The number of fused-ring (bicyclic) bond motifs is 1. The zero-order chi connectivity index (χ0) is 15.6. The lowest BCUT2D eigenvalue weighted by atomic mass is 9.74. The van der Waals surface area contributed by atoms with Gasteiger partial charge in [-0.25, -0.2) is 4.98 Å². The van der Waals surface area contributed by atoms with Gasteiger partial charge in [0.1, 0.15) is 0 Å². The maximum atomic E-state index is 12.2. The van der Waals surface area contributed by atoms with Crippen molar-refractivity contribution in [3.8, 4) is 0 Å². The minimum Gasteiger partial charge on any atom is -0.481 e. The number of carboxylic acid groups (broad SMARTS) is 1. The van der Waals surface area contributed by atoms with Crippen LogP contribution in [0.25, 0.3) is 4.96 Å². The Morgan fingerprint density at radius 3 is 2.86 bits per heavy atom. The number of carbonyl (C=O) groups is 2. The van der Waals surface area contributed by atoms with Crippen LogP contribution in [0.4, 0.5) is 0 Å². The molecule has 0 aromatic carbocycles. The van der Waals surface area contributed by atoms with E-state index in [0.717, 1.165) is 29.9 Å². The number of amides is 1. The van der Waals surface area contributed by atoms with Crippen molar-refractivity contribution in [3.63, 3.8) is 0 Å². The SMILES string of the molecule is O=C(Cc1csc2nccn12)NCC1(C(=O)O)CCCCC1. The summed E-state index contributed by atoms with van der Waals surface area (Å²) in [7, 11) is 0. The van der Waals surface area contributed by atoms with Gasteiger partial charge in [-0.05, 0) is 12.8 Å². The van der Waals surface area contributed by atoms with Crippen molar-refractivity contribution in [1.82, 2.24) is 14.7 Å². The molecule has 1 amide bonds. The quantitative estimate of drug-likeness (QED) is 0.883. The maximum absolute atomic E-state index is 12.2. The summed E-state index contributed by atoms with van der Waals surface area (Å²) >= 11 is 1.49. The lowest BCUT2D eigenvalue weighted by Gasteiger charge is -2.33. The molecule has 2 N–H and O–H groups in total. The van der Waals surface area contributed by atoms with Crippen molar-refractivity contribution in [2.45, 2.75) is 38.5 Å². The van der Waals surface area contributed by atoms with Crippen molar-refractivity contribution < 1.29 is 14.7 Å². The molecule has 0 unspecified atom stereocenters. The van der Waals surface area contributed by atoms with Crippen LogP contribution in [-0.4, -0.2) is 32.9 Å². The van der Waals surface area contributed by atoms with Gasteiger partial charge in [-0.1, -0.05) is 19.3 Å². The third-order valence-corrected chi connectivity index (χ3v) is 5.35. The molecule has 0 atom stereocenters. The predicted octanol–water partition coefficient (Wildman–Crippen LogP) is 2.09. The van der Waals surface area contributed by atoms with Gasteiger partial charge in [-0.15, -0.1) is 11.3 Å². The zero-order valence-corrected chi connectivity index (χ0v) is 13.1. The second-order valence-electron chi connectivity index (χ2n) is 5.91. The highest BCUT2D eigenvalue weighted by molar-refractivity contribution is 7.15. The van der Waals surface area contributed by atoms with E-state index >= 15 is 0 Å². The highest BCUT2D eigenvalue weighted by atomic mass is 32.1. The Labute approximate surface area is 132 Å². The smallest absolute Gasteiger partial charge is 0.311 e. The van der Waals surface area contributed by atoms with Crippen molar-refractivity contribution in [3.05, 3.63) is 23.5 Å². The summed E-state index contributed by atoms with van der Waals surface area (Å²) in [4.78, 5) is 28.8. The summed E-state index contributed by atoms with van der Waals surface area (Å²) in [6.45, 7) is 0.221. The minimum absolute atomic E-state index is 0.139. The number of imidazole rings is 1. The van der Waals surface area contributed by atoms with E-state index in [1.807, 2.05) is 16.0 Å². The molecule has 1 aliphatic rings.